The molecule has 28 heavy (non-hydrogen) atoms. The van der Waals surface area contributed by atoms with Gasteiger partial charge in [-0.25, -0.2) is 0 Å². The van der Waals surface area contributed by atoms with E-state index in [1.165, 1.54) is 6.26 Å². The van der Waals surface area contributed by atoms with Gasteiger partial charge in [0, 0.05) is 0 Å². The van der Waals surface area contributed by atoms with Crippen molar-refractivity contribution >= 4 is 17.5 Å². The molecule has 0 atom stereocenters. The molecule has 0 spiro atoms. The number of hydrogen-bond acceptors (Lipinski definition) is 4. The Kier molecular flexibility index (Phi) is 6.25. The first kappa shape index (κ1) is 19.0. The third-order valence-corrected chi connectivity index (χ3v) is 4.12. The van der Waals surface area contributed by atoms with Crippen LogP contribution in [0.2, 0.25) is 0 Å². The van der Waals surface area contributed by atoms with Gasteiger partial charge in [-0.05, 0) is 23.3 Å². The van der Waals surface area contributed by atoms with E-state index in [9.17, 15) is 9.59 Å². The highest BCUT2D eigenvalue weighted by molar-refractivity contribution is 5.90. The van der Waals surface area contributed by atoms with Gasteiger partial charge in [-0.3, -0.25) is 20.4 Å². The van der Waals surface area contributed by atoms with Crippen molar-refractivity contribution in [2.45, 2.75) is 5.92 Å². The number of rotatable bonds is 8. The molecule has 0 fully saturated rings. The number of furan rings is 1. The van der Waals surface area contributed by atoms with Gasteiger partial charge in [-0.2, -0.15) is 0 Å². The van der Waals surface area contributed by atoms with Gasteiger partial charge in [0.2, 0.25) is 5.91 Å². The number of hydrogen-bond donors (Lipinski definition) is 3. The van der Waals surface area contributed by atoms with Gasteiger partial charge in [-0.1, -0.05) is 67.2 Å². The smallest absolute Gasteiger partial charge is 0.257 e. The Morgan fingerprint density at radius 2 is 1.46 bits per heavy atom. The van der Waals surface area contributed by atoms with Crippen molar-refractivity contribution in [1.29, 1.82) is 0 Å². The van der Waals surface area contributed by atoms with Crippen molar-refractivity contribution in [1.82, 2.24) is 16.2 Å². The van der Waals surface area contributed by atoms with E-state index in [2.05, 4.69) is 22.7 Å². The number of amides is 2. The summed E-state index contributed by atoms with van der Waals surface area (Å²) in [4.78, 5) is 24.9. The Labute approximate surface area is 163 Å². The molecular weight excluding hydrogens is 354 g/mol. The zero-order valence-electron chi connectivity index (χ0n) is 15.2. The molecular formula is C22H21N3O3. The van der Waals surface area contributed by atoms with Crippen LogP contribution < -0.4 is 16.2 Å². The fraction of sp³-hybridized carbons (Fsp3) is 0.0909. The van der Waals surface area contributed by atoms with Crippen LogP contribution in [0.25, 0.3) is 5.70 Å². The van der Waals surface area contributed by atoms with Crippen molar-refractivity contribution in [2.75, 3.05) is 6.54 Å². The fourth-order valence-corrected chi connectivity index (χ4v) is 2.76. The molecule has 0 saturated heterocycles. The monoisotopic (exact) mass is 375 g/mol. The molecule has 1 aromatic heterocycles. The summed E-state index contributed by atoms with van der Waals surface area (Å²) in [6, 6.07) is 22.3. The second-order valence-corrected chi connectivity index (χ2v) is 6.10. The first-order valence-electron chi connectivity index (χ1n) is 8.80. The Bertz CT molecular complexity index is 883. The minimum atomic E-state index is -0.499. The maximum atomic E-state index is 12.8. The summed E-state index contributed by atoms with van der Waals surface area (Å²) in [6.45, 7) is 3.59. The number of hydrazine groups is 1. The van der Waals surface area contributed by atoms with Gasteiger partial charge in [0.05, 0.1) is 24.4 Å². The predicted octanol–water partition coefficient (Wildman–Crippen LogP) is 2.82. The molecule has 2 amide bonds. The lowest BCUT2D eigenvalue weighted by molar-refractivity contribution is -0.126. The molecule has 6 heteroatoms. The van der Waals surface area contributed by atoms with Gasteiger partial charge in [0.1, 0.15) is 0 Å². The summed E-state index contributed by atoms with van der Waals surface area (Å²) in [5.41, 5.74) is 7.27. The van der Waals surface area contributed by atoms with Crippen LogP contribution in [0.5, 0.6) is 0 Å². The molecule has 0 saturated carbocycles. The maximum Gasteiger partial charge on any atom is 0.257 e. The standard InChI is InChI=1S/C22H21N3O3/c1-16(19-13-8-14-28-19)24-25-20(26)15-23-22(27)21(17-9-4-2-5-10-17)18-11-6-3-7-12-18/h2-14,21,24H,1,15H2,(H,23,27)(H,25,26). The van der Waals surface area contributed by atoms with Crippen LogP contribution in [0.4, 0.5) is 0 Å². The lowest BCUT2D eigenvalue weighted by Gasteiger charge is -2.18. The molecule has 3 aromatic rings. The van der Waals surface area contributed by atoms with E-state index >= 15 is 0 Å². The van der Waals surface area contributed by atoms with Gasteiger partial charge in [0.25, 0.3) is 5.91 Å². The normalized spacial score (nSPS) is 10.3. The van der Waals surface area contributed by atoms with Gasteiger partial charge in [0.15, 0.2) is 5.76 Å². The summed E-state index contributed by atoms with van der Waals surface area (Å²) in [6.07, 6.45) is 1.51. The van der Waals surface area contributed by atoms with Crippen LogP contribution in [0.1, 0.15) is 22.8 Å². The van der Waals surface area contributed by atoms with E-state index in [0.29, 0.717) is 11.5 Å². The maximum absolute atomic E-state index is 12.8. The van der Waals surface area contributed by atoms with Gasteiger partial charge in [-0.15, -0.1) is 0 Å². The van der Waals surface area contributed by atoms with Crippen molar-refractivity contribution < 1.29 is 14.0 Å². The molecule has 0 aliphatic heterocycles. The average molecular weight is 375 g/mol. The van der Waals surface area contributed by atoms with E-state index in [-0.39, 0.29) is 12.5 Å². The Morgan fingerprint density at radius 3 is 2.00 bits per heavy atom. The summed E-state index contributed by atoms with van der Waals surface area (Å²) >= 11 is 0. The van der Waals surface area contributed by atoms with E-state index in [4.69, 9.17) is 4.42 Å². The zero-order chi connectivity index (χ0) is 19.8. The number of nitrogens with one attached hydrogen (secondary N) is 3. The van der Waals surface area contributed by atoms with E-state index in [0.717, 1.165) is 11.1 Å². The van der Waals surface area contributed by atoms with Crippen molar-refractivity contribution in [3.05, 3.63) is 103 Å². The molecule has 0 unspecified atom stereocenters. The fourth-order valence-electron chi connectivity index (χ4n) is 2.76. The van der Waals surface area contributed by atoms with Crippen molar-refractivity contribution in [2.24, 2.45) is 0 Å². The molecule has 0 radical (unpaired) electrons. The summed E-state index contributed by atoms with van der Waals surface area (Å²) in [5.74, 6) is -0.642. The molecule has 142 valence electrons. The lowest BCUT2D eigenvalue weighted by Crippen LogP contribution is -2.44. The summed E-state index contributed by atoms with van der Waals surface area (Å²) < 4.78 is 5.17. The minimum absolute atomic E-state index is 0.173. The third kappa shape index (κ3) is 4.88. The highest BCUT2D eigenvalue weighted by atomic mass is 16.3. The summed E-state index contributed by atoms with van der Waals surface area (Å²) in [5, 5.41) is 2.69. The second kappa shape index (κ2) is 9.23. The number of benzene rings is 2. The Hall–Kier alpha value is -3.80. The van der Waals surface area contributed by atoms with E-state index < -0.39 is 11.8 Å². The molecule has 0 bridgehead atoms. The topological polar surface area (TPSA) is 83.4 Å². The quantitative estimate of drug-likeness (QED) is 0.529. The molecule has 3 rings (SSSR count). The molecule has 2 aromatic carbocycles. The highest BCUT2D eigenvalue weighted by Gasteiger charge is 2.22. The van der Waals surface area contributed by atoms with Crippen LogP contribution in [0.3, 0.4) is 0 Å². The third-order valence-electron chi connectivity index (χ3n) is 4.12. The van der Waals surface area contributed by atoms with Gasteiger partial charge >= 0.3 is 0 Å². The first-order chi connectivity index (χ1) is 13.6. The van der Waals surface area contributed by atoms with Crippen LogP contribution in [-0.2, 0) is 9.59 Å². The Morgan fingerprint density at radius 1 is 0.857 bits per heavy atom. The van der Waals surface area contributed by atoms with Crippen LogP contribution >= 0.6 is 0 Å². The zero-order valence-corrected chi connectivity index (χ0v) is 15.2. The predicted molar refractivity (Wildman–Crippen MR) is 107 cm³/mol. The van der Waals surface area contributed by atoms with Crippen LogP contribution in [-0.4, -0.2) is 18.4 Å². The Balaban J connectivity index is 1.59. The molecule has 0 aliphatic carbocycles. The number of carbonyl (C=O) groups excluding carboxylic acids is 2. The van der Waals surface area contributed by atoms with Gasteiger partial charge < -0.3 is 9.73 Å². The van der Waals surface area contributed by atoms with E-state index in [1.54, 1.807) is 12.1 Å². The molecule has 1 heterocycles. The number of carbonyl (C=O) groups is 2. The highest BCUT2D eigenvalue weighted by Crippen LogP contribution is 2.24. The molecule has 3 N–H and O–H groups in total. The van der Waals surface area contributed by atoms with E-state index in [1.807, 2.05) is 60.7 Å². The molecule has 6 nitrogen and oxygen atoms in total. The lowest BCUT2D eigenvalue weighted by atomic mass is 9.90. The SMILES string of the molecule is C=C(NNC(=O)CNC(=O)C(c1ccccc1)c1ccccc1)c1ccco1. The van der Waals surface area contributed by atoms with Crippen molar-refractivity contribution in [3.63, 3.8) is 0 Å². The van der Waals surface area contributed by atoms with Crippen LogP contribution in [0.15, 0.2) is 90.1 Å². The van der Waals surface area contributed by atoms with Crippen molar-refractivity contribution in [3.8, 4) is 0 Å². The minimum Gasteiger partial charge on any atom is -0.463 e. The molecule has 0 aliphatic rings. The summed E-state index contributed by atoms with van der Waals surface area (Å²) in [7, 11) is 0. The first-order valence-corrected chi connectivity index (χ1v) is 8.80. The average Bonchev–Trinajstić information content (AvgIpc) is 3.27. The van der Waals surface area contributed by atoms with Crippen LogP contribution in [0, 0.1) is 0 Å². The largest absolute Gasteiger partial charge is 0.463 e. The second-order valence-electron chi connectivity index (χ2n) is 6.10.